The maximum absolute atomic E-state index is 12.7. The van der Waals surface area contributed by atoms with Crippen LogP contribution in [0.25, 0.3) is 0 Å². The lowest BCUT2D eigenvalue weighted by molar-refractivity contribution is 0.101. The van der Waals surface area contributed by atoms with E-state index in [-0.39, 0.29) is 21.3 Å². The predicted octanol–water partition coefficient (Wildman–Crippen LogP) is 2.56. The largest absolute Gasteiger partial charge is 0.295 e. The number of hydrogen-bond acceptors (Lipinski definition) is 5. The molecule has 27 heavy (non-hydrogen) atoms. The Morgan fingerprint density at radius 1 is 0.926 bits per heavy atom. The first kappa shape index (κ1) is 21.1. The fourth-order valence-corrected chi connectivity index (χ4v) is 4.49. The Morgan fingerprint density at radius 2 is 1.48 bits per heavy atom. The van der Waals surface area contributed by atoms with Gasteiger partial charge in [-0.1, -0.05) is 12.1 Å². The molecular formula is C18H22N2O5S2. The van der Waals surface area contributed by atoms with Gasteiger partial charge in [-0.3, -0.25) is 9.52 Å². The zero-order valence-electron chi connectivity index (χ0n) is 15.8. The van der Waals surface area contributed by atoms with Crippen molar-refractivity contribution in [3.63, 3.8) is 0 Å². The summed E-state index contributed by atoms with van der Waals surface area (Å²) in [7, 11) is -4.84. The summed E-state index contributed by atoms with van der Waals surface area (Å²) >= 11 is 0. The molecule has 0 amide bonds. The number of nitrogens with one attached hydrogen (secondary N) is 1. The molecule has 146 valence electrons. The molecule has 0 aliphatic heterocycles. The summed E-state index contributed by atoms with van der Waals surface area (Å²) in [6.07, 6.45) is 0. The molecule has 0 atom stereocenters. The van der Waals surface area contributed by atoms with E-state index in [1.165, 1.54) is 57.4 Å². The van der Waals surface area contributed by atoms with Crippen molar-refractivity contribution in [2.75, 3.05) is 18.8 Å². The number of carbonyl (C=O) groups excluding carboxylic acids is 1. The van der Waals surface area contributed by atoms with Crippen LogP contribution in [0.3, 0.4) is 0 Å². The second kappa shape index (κ2) is 7.41. The molecule has 9 heteroatoms. The topological polar surface area (TPSA) is 101 Å². The fraction of sp³-hybridized carbons (Fsp3) is 0.278. The van der Waals surface area contributed by atoms with Crippen LogP contribution in [0.1, 0.15) is 28.4 Å². The van der Waals surface area contributed by atoms with Gasteiger partial charge in [0.2, 0.25) is 10.0 Å². The van der Waals surface area contributed by atoms with E-state index in [4.69, 9.17) is 0 Å². The third-order valence-corrected chi connectivity index (χ3v) is 7.41. The first-order chi connectivity index (χ1) is 12.4. The number of rotatable bonds is 6. The van der Waals surface area contributed by atoms with Crippen LogP contribution in [0.4, 0.5) is 5.69 Å². The van der Waals surface area contributed by atoms with Gasteiger partial charge < -0.3 is 0 Å². The monoisotopic (exact) mass is 410 g/mol. The maximum atomic E-state index is 12.7. The molecule has 0 fully saturated rings. The molecule has 2 aromatic carbocycles. The highest BCUT2D eigenvalue weighted by Crippen LogP contribution is 2.27. The molecule has 0 saturated heterocycles. The number of carbonyl (C=O) groups is 1. The van der Waals surface area contributed by atoms with Gasteiger partial charge in [-0.25, -0.2) is 21.1 Å². The Balaban J connectivity index is 2.49. The lowest BCUT2D eigenvalue weighted by Gasteiger charge is -2.17. The second-order valence-electron chi connectivity index (χ2n) is 6.39. The minimum absolute atomic E-state index is 0.000211. The minimum Gasteiger partial charge on any atom is -0.295 e. The highest BCUT2D eigenvalue weighted by Gasteiger charge is 2.22. The zero-order chi connectivity index (χ0) is 20.6. The summed E-state index contributed by atoms with van der Waals surface area (Å²) in [5.74, 6) is -0.167. The van der Waals surface area contributed by atoms with Crippen LogP contribution in [-0.4, -0.2) is 41.0 Å². The van der Waals surface area contributed by atoms with Gasteiger partial charge in [-0.2, -0.15) is 0 Å². The van der Waals surface area contributed by atoms with E-state index in [1.807, 2.05) is 0 Å². The van der Waals surface area contributed by atoms with Crippen molar-refractivity contribution in [1.29, 1.82) is 0 Å². The van der Waals surface area contributed by atoms with Crippen LogP contribution < -0.4 is 4.72 Å². The molecule has 0 spiro atoms. The molecule has 0 radical (unpaired) electrons. The summed E-state index contributed by atoms with van der Waals surface area (Å²) in [6, 6.07) is 8.34. The molecule has 0 aliphatic carbocycles. The quantitative estimate of drug-likeness (QED) is 0.738. The fourth-order valence-electron chi connectivity index (χ4n) is 2.36. The van der Waals surface area contributed by atoms with Gasteiger partial charge in [0.25, 0.3) is 10.0 Å². The number of sulfonamides is 2. The minimum atomic E-state index is -3.95. The van der Waals surface area contributed by atoms with E-state index in [0.29, 0.717) is 16.7 Å². The van der Waals surface area contributed by atoms with Gasteiger partial charge in [0.15, 0.2) is 5.78 Å². The average Bonchev–Trinajstić information content (AvgIpc) is 2.58. The molecule has 0 heterocycles. The number of benzene rings is 2. The second-order valence-corrected chi connectivity index (χ2v) is 10.2. The van der Waals surface area contributed by atoms with Crippen molar-refractivity contribution in [3.05, 3.63) is 53.1 Å². The van der Waals surface area contributed by atoms with Gasteiger partial charge >= 0.3 is 0 Å². The van der Waals surface area contributed by atoms with Crippen LogP contribution in [0.2, 0.25) is 0 Å². The SMILES string of the molecule is CC(=O)c1ccc(S(=O)(=O)Nc2cc(S(=O)(=O)N(C)C)cc(C)c2C)cc1. The van der Waals surface area contributed by atoms with E-state index in [0.717, 1.165) is 4.31 Å². The highest BCUT2D eigenvalue weighted by molar-refractivity contribution is 7.92. The van der Waals surface area contributed by atoms with Crippen LogP contribution in [-0.2, 0) is 20.0 Å². The number of nitrogens with zero attached hydrogens (tertiary/aromatic N) is 1. The summed E-state index contributed by atoms with van der Waals surface area (Å²) in [6.45, 7) is 4.81. The molecule has 1 N–H and O–H groups in total. The van der Waals surface area contributed by atoms with E-state index >= 15 is 0 Å². The Bertz CT molecular complexity index is 1090. The molecule has 0 saturated carbocycles. The van der Waals surface area contributed by atoms with Crippen molar-refractivity contribution >= 4 is 31.5 Å². The van der Waals surface area contributed by atoms with E-state index in [9.17, 15) is 21.6 Å². The summed E-state index contributed by atoms with van der Waals surface area (Å²) < 4.78 is 53.7. The van der Waals surface area contributed by atoms with Crippen LogP contribution in [0, 0.1) is 13.8 Å². The number of ketones is 1. The van der Waals surface area contributed by atoms with Crippen molar-refractivity contribution in [2.45, 2.75) is 30.6 Å². The number of aryl methyl sites for hydroxylation is 1. The maximum Gasteiger partial charge on any atom is 0.261 e. The van der Waals surface area contributed by atoms with Gasteiger partial charge in [-0.05, 0) is 56.2 Å². The van der Waals surface area contributed by atoms with Crippen molar-refractivity contribution in [2.24, 2.45) is 0 Å². The molecule has 0 bridgehead atoms. The Morgan fingerprint density at radius 3 is 1.96 bits per heavy atom. The number of Topliss-reactive ketones (excluding diaryl/α,β-unsaturated/α-hetero) is 1. The molecular weight excluding hydrogens is 388 g/mol. The first-order valence-electron chi connectivity index (χ1n) is 8.04. The van der Waals surface area contributed by atoms with Crippen LogP contribution in [0.5, 0.6) is 0 Å². The summed E-state index contributed by atoms with van der Waals surface area (Å²) in [5.41, 5.74) is 1.85. The zero-order valence-corrected chi connectivity index (χ0v) is 17.4. The third kappa shape index (κ3) is 4.37. The molecule has 2 rings (SSSR count). The Kier molecular flexibility index (Phi) is 5.79. The molecule has 0 unspecified atom stereocenters. The van der Waals surface area contributed by atoms with Gasteiger partial charge in [0.05, 0.1) is 15.5 Å². The molecule has 7 nitrogen and oxygen atoms in total. The molecule has 0 aliphatic rings. The highest BCUT2D eigenvalue weighted by atomic mass is 32.2. The molecule has 0 aromatic heterocycles. The van der Waals surface area contributed by atoms with Gasteiger partial charge in [0, 0.05) is 19.7 Å². The van der Waals surface area contributed by atoms with Crippen molar-refractivity contribution in [3.8, 4) is 0 Å². The smallest absolute Gasteiger partial charge is 0.261 e. The van der Waals surface area contributed by atoms with Gasteiger partial charge in [0.1, 0.15) is 0 Å². The van der Waals surface area contributed by atoms with E-state index in [2.05, 4.69) is 4.72 Å². The van der Waals surface area contributed by atoms with Crippen LogP contribution in [0.15, 0.2) is 46.2 Å². The number of anilines is 1. The Hall–Kier alpha value is -2.23. The molecule has 2 aromatic rings. The standard InChI is InChI=1S/C18H22N2O5S2/c1-12-10-17(27(24,25)20(4)5)11-18(13(12)2)19-26(22,23)16-8-6-15(7-9-16)14(3)21/h6-11,19H,1-5H3. The van der Waals surface area contributed by atoms with E-state index < -0.39 is 20.0 Å². The van der Waals surface area contributed by atoms with Crippen molar-refractivity contribution < 1.29 is 21.6 Å². The first-order valence-corrected chi connectivity index (χ1v) is 11.0. The normalized spacial score (nSPS) is 12.2. The van der Waals surface area contributed by atoms with E-state index in [1.54, 1.807) is 13.8 Å². The van der Waals surface area contributed by atoms with Crippen molar-refractivity contribution in [1.82, 2.24) is 4.31 Å². The van der Waals surface area contributed by atoms with Gasteiger partial charge in [-0.15, -0.1) is 0 Å². The Labute approximate surface area is 160 Å². The number of hydrogen-bond donors (Lipinski definition) is 1. The summed E-state index contributed by atoms with van der Waals surface area (Å²) in [4.78, 5) is 11.3. The predicted molar refractivity (Wildman–Crippen MR) is 104 cm³/mol. The summed E-state index contributed by atoms with van der Waals surface area (Å²) in [5, 5.41) is 0. The van der Waals surface area contributed by atoms with Crippen LogP contribution >= 0.6 is 0 Å². The lowest BCUT2D eigenvalue weighted by Crippen LogP contribution is -2.23. The average molecular weight is 411 g/mol. The third-order valence-electron chi connectivity index (χ3n) is 4.23. The lowest BCUT2D eigenvalue weighted by atomic mass is 10.1.